The first kappa shape index (κ1) is 16.2. The van der Waals surface area contributed by atoms with Crippen molar-refractivity contribution in [2.45, 2.75) is 19.4 Å². The Morgan fingerprint density at radius 3 is 3.10 bits per heavy atom. The van der Waals surface area contributed by atoms with E-state index in [4.69, 9.17) is 16.3 Å². The summed E-state index contributed by atoms with van der Waals surface area (Å²) in [5.74, 6) is -0.407. The van der Waals surface area contributed by atoms with Crippen LogP contribution in [0.5, 0.6) is 0 Å². The molecule has 0 radical (unpaired) electrons. The first-order valence-corrected chi connectivity index (χ1v) is 7.53. The third-order valence-corrected chi connectivity index (χ3v) is 3.87. The van der Waals surface area contributed by atoms with Gasteiger partial charge in [-0.05, 0) is 17.7 Å². The molecule has 21 heavy (non-hydrogen) atoms. The fraction of sp³-hybridized carbons (Fsp3) is 0.533. The lowest BCUT2D eigenvalue weighted by atomic mass is 9.95. The van der Waals surface area contributed by atoms with Crippen LogP contribution < -0.4 is 10.6 Å². The van der Waals surface area contributed by atoms with Crippen molar-refractivity contribution < 1.29 is 13.9 Å². The van der Waals surface area contributed by atoms with Crippen molar-refractivity contribution in [3.63, 3.8) is 0 Å². The van der Waals surface area contributed by atoms with Crippen LogP contribution in [0.2, 0.25) is 5.02 Å². The highest BCUT2D eigenvalue weighted by molar-refractivity contribution is 6.30. The maximum atomic E-state index is 13.7. The fourth-order valence-electron chi connectivity index (χ4n) is 2.40. The molecule has 2 rings (SSSR count). The number of benzene rings is 1. The van der Waals surface area contributed by atoms with Crippen LogP contribution >= 0.6 is 11.6 Å². The highest BCUT2D eigenvalue weighted by atomic mass is 35.5. The first-order valence-electron chi connectivity index (χ1n) is 7.15. The zero-order valence-corrected chi connectivity index (χ0v) is 12.8. The van der Waals surface area contributed by atoms with Crippen LogP contribution in [0.3, 0.4) is 0 Å². The van der Waals surface area contributed by atoms with Gasteiger partial charge >= 0.3 is 0 Å². The van der Waals surface area contributed by atoms with Crippen LogP contribution in [0.1, 0.15) is 25.0 Å². The second-order valence-electron chi connectivity index (χ2n) is 5.09. The van der Waals surface area contributed by atoms with E-state index in [0.29, 0.717) is 26.1 Å². The zero-order valence-electron chi connectivity index (χ0n) is 12.0. The Hall–Kier alpha value is -1.17. The van der Waals surface area contributed by atoms with E-state index in [2.05, 4.69) is 10.6 Å². The maximum Gasteiger partial charge on any atom is 0.219 e. The summed E-state index contributed by atoms with van der Waals surface area (Å²) in [6.07, 6.45) is 0.185. The van der Waals surface area contributed by atoms with Crippen LogP contribution in [0.4, 0.5) is 4.39 Å². The van der Waals surface area contributed by atoms with E-state index < -0.39 is 5.82 Å². The third kappa shape index (κ3) is 4.40. The lowest BCUT2D eigenvalue weighted by Gasteiger charge is -2.25. The number of hydrogen-bond acceptors (Lipinski definition) is 3. The molecule has 2 unspecified atom stereocenters. The summed E-state index contributed by atoms with van der Waals surface area (Å²) < 4.78 is 19.5. The molecule has 1 aromatic carbocycles. The van der Waals surface area contributed by atoms with Crippen molar-refractivity contribution in [3.05, 3.63) is 34.6 Å². The molecule has 2 atom stereocenters. The van der Waals surface area contributed by atoms with Gasteiger partial charge in [-0.25, -0.2) is 4.39 Å². The second-order valence-corrected chi connectivity index (χ2v) is 5.49. The molecule has 0 spiro atoms. The van der Waals surface area contributed by atoms with Gasteiger partial charge in [0.2, 0.25) is 5.91 Å². The number of ether oxygens (including phenoxy) is 1. The molecule has 1 amide bonds. The van der Waals surface area contributed by atoms with Gasteiger partial charge < -0.3 is 15.4 Å². The molecule has 1 aromatic rings. The predicted molar refractivity (Wildman–Crippen MR) is 79.8 cm³/mol. The minimum absolute atomic E-state index is 0.000263. The van der Waals surface area contributed by atoms with E-state index in [0.717, 1.165) is 12.1 Å². The molecule has 0 saturated carbocycles. The highest BCUT2D eigenvalue weighted by Crippen LogP contribution is 2.29. The lowest BCUT2D eigenvalue weighted by Crippen LogP contribution is -2.36. The molecule has 116 valence electrons. The Bertz CT molecular complexity index is 499. The molecule has 6 heteroatoms. The van der Waals surface area contributed by atoms with Crippen LogP contribution in [0.25, 0.3) is 0 Å². The molecule has 1 aliphatic heterocycles. The van der Waals surface area contributed by atoms with Crippen LogP contribution in [0.15, 0.2) is 18.2 Å². The molecule has 1 heterocycles. The number of halogens is 2. The van der Waals surface area contributed by atoms with Gasteiger partial charge in [-0.2, -0.15) is 0 Å². The number of nitrogens with one attached hydrogen (secondary N) is 2. The van der Waals surface area contributed by atoms with Crippen molar-refractivity contribution in [3.8, 4) is 0 Å². The van der Waals surface area contributed by atoms with Crippen molar-refractivity contribution >= 4 is 17.5 Å². The van der Waals surface area contributed by atoms with E-state index in [-0.39, 0.29) is 23.0 Å². The quantitative estimate of drug-likeness (QED) is 0.896. The summed E-state index contributed by atoms with van der Waals surface area (Å²) in [6, 6.07) is 4.72. The van der Waals surface area contributed by atoms with Crippen LogP contribution in [-0.2, 0) is 9.53 Å². The smallest absolute Gasteiger partial charge is 0.219 e. The molecule has 0 aliphatic carbocycles. The third-order valence-electron chi connectivity index (χ3n) is 3.57. The summed E-state index contributed by atoms with van der Waals surface area (Å²) in [6.45, 7) is 4.30. The standard InChI is InChI=1S/C15H20ClFN2O2/c1-2-14(20)19-9-11-8-18-5-6-21-15(11)10-3-4-12(16)13(17)7-10/h3-4,7,11,15,18H,2,5-6,8-9H2,1H3,(H,19,20). The average molecular weight is 315 g/mol. The minimum atomic E-state index is -0.452. The van der Waals surface area contributed by atoms with E-state index in [1.54, 1.807) is 6.07 Å². The lowest BCUT2D eigenvalue weighted by molar-refractivity contribution is -0.121. The molecular weight excluding hydrogens is 295 g/mol. The number of hydrogen-bond donors (Lipinski definition) is 2. The van der Waals surface area contributed by atoms with E-state index in [9.17, 15) is 9.18 Å². The molecule has 1 aliphatic rings. The van der Waals surface area contributed by atoms with Crippen molar-refractivity contribution in [1.29, 1.82) is 0 Å². The summed E-state index contributed by atoms with van der Waals surface area (Å²) in [5, 5.41) is 6.24. The minimum Gasteiger partial charge on any atom is -0.372 e. The SMILES string of the molecule is CCC(=O)NCC1CNCCOC1c1ccc(Cl)c(F)c1. The largest absolute Gasteiger partial charge is 0.372 e. The normalized spacial score (nSPS) is 22.6. The van der Waals surface area contributed by atoms with Crippen LogP contribution in [0, 0.1) is 11.7 Å². The van der Waals surface area contributed by atoms with E-state index in [1.165, 1.54) is 12.1 Å². The van der Waals surface area contributed by atoms with Gasteiger partial charge in [-0.15, -0.1) is 0 Å². The number of amides is 1. The van der Waals surface area contributed by atoms with Crippen molar-refractivity contribution in [1.82, 2.24) is 10.6 Å². The fourth-order valence-corrected chi connectivity index (χ4v) is 2.51. The van der Waals surface area contributed by atoms with E-state index in [1.807, 2.05) is 6.92 Å². The Morgan fingerprint density at radius 1 is 1.57 bits per heavy atom. The Labute approximate surface area is 129 Å². The van der Waals surface area contributed by atoms with Gasteiger partial charge in [0.25, 0.3) is 0 Å². The maximum absolute atomic E-state index is 13.7. The number of rotatable bonds is 4. The van der Waals surface area contributed by atoms with Gasteiger partial charge in [-0.3, -0.25) is 4.79 Å². The summed E-state index contributed by atoms with van der Waals surface area (Å²) in [5.41, 5.74) is 0.747. The van der Waals surface area contributed by atoms with Gasteiger partial charge in [0, 0.05) is 32.0 Å². The predicted octanol–water partition coefficient (Wildman–Crippen LogP) is 2.28. The number of carbonyl (C=O) groups is 1. The first-order chi connectivity index (χ1) is 10.1. The molecule has 0 bridgehead atoms. The summed E-state index contributed by atoms with van der Waals surface area (Å²) in [7, 11) is 0. The number of carbonyl (C=O) groups excluding carboxylic acids is 1. The van der Waals surface area contributed by atoms with Gasteiger partial charge in [0.05, 0.1) is 17.7 Å². The Kier molecular flexibility index (Phi) is 5.96. The molecule has 2 N–H and O–H groups in total. The average Bonchev–Trinajstić information content (AvgIpc) is 2.73. The zero-order chi connectivity index (χ0) is 15.2. The van der Waals surface area contributed by atoms with Crippen molar-refractivity contribution in [2.75, 3.05) is 26.2 Å². The molecule has 1 saturated heterocycles. The molecule has 4 nitrogen and oxygen atoms in total. The Morgan fingerprint density at radius 2 is 2.38 bits per heavy atom. The van der Waals surface area contributed by atoms with Gasteiger partial charge in [0.15, 0.2) is 0 Å². The summed E-state index contributed by atoms with van der Waals surface area (Å²) in [4.78, 5) is 11.4. The summed E-state index contributed by atoms with van der Waals surface area (Å²) >= 11 is 5.72. The second kappa shape index (κ2) is 7.73. The van der Waals surface area contributed by atoms with Gasteiger partial charge in [-0.1, -0.05) is 24.6 Å². The van der Waals surface area contributed by atoms with Gasteiger partial charge in [0.1, 0.15) is 5.82 Å². The molecular formula is C15H20ClFN2O2. The van der Waals surface area contributed by atoms with Crippen molar-refractivity contribution in [2.24, 2.45) is 5.92 Å². The van der Waals surface area contributed by atoms with E-state index >= 15 is 0 Å². The topological polar surface area (TPSA) is 50.4 Å². The monoisotopic (exact) mass is 314 g/mol. The van der Waals surface area contributed by atoms with Crippen LogP contribution in [-0.4, -0.2) is 32.1 Å². The molecule has 0 aromatic heterocycles. The molecule has 1 fully saturated rings. The Balaban J connectivity index is 2.14. The highest BCUT2D eigenvalue weighted by Gasteiger charge is 2.27.